The molecule has 0 aliphatic carbocycles. The van der Waals surface area contributed by atoms with Crippen molar-refractivity contribution in [3.8, 4) is 17.0 Å². The van der Waals surface area contributed by atoms with Gasteiger partial charge in [0.25, 0.3) is 0 Å². The first-order valence-corrected chi connectivity index (χ1v) is 11.7. The number of hydrogen-bond donors (Lipinski definition) is 1. The summed E-state index contributed by atoms with van der Waals surface area (Å²) in [5.74, 6) is 0.859. The minimum atomic E-state index is -0.137. The summed E-state index contributed by atoms with van der Waals surface area (Å²) >= 11 is 16.4. The number of ether oxygens (including phenoxy) is 1. The largest absolute Gasteiger partial charge is 0.497 e. The second-order valence-electron chi connectivity index (χ2n) is 5.81. The van der Waals surface area contributed by atoms with Gasteiger partial charge in [-0.05, 0) is 36.4 Å². The normalized spacial score (nSPS) is 11.0. The third-order valence-corrected chi connectivity index (χ3v) is 7.36. The van der Waals surface area contributed by atoms with Crippen molar-refractivity contribution in [2.45, 2.75) is 4.34 Å². The summed E-state index contributed by atoms with van der Waals surface area (Å²) < 4.78 is 6.96. The van der Waals surface area contributed by atoms with Gasteiger partial charge in [0.1, 0.15) is 5.75 Å². The molecule has 4 rings (SSSR count). The quantitative estimate of drug-likeness (QED) is 0.319. The summed E-state index contributed by atoms with van der Waals surface area (Å²) in [7, 11) is 1.62. The van der Waals surface area contributed by atoms with Crippen LogP contribution in [0.25, 0.3) is 21.5 Å². The van der Waals surface area contributed by atoms with Gasteiger partial charge >= 0.3 is 0 Å². The fourth-order valence-electron chi connectivity index (χ4n) is 2.51. The molecule has 0 aliphatic heterocycles. The van der Waals surface area contributed by atoms with Crippen LogP contribution in [-0.4, -0.2) is 28.7 Å². The number of anilines is 1. The van der Waals surface area contributed by atoms with E-state index in [9.17, 15) is 4.79 Å². The Labute approximate surface area is 189 Å². The Bertz CT molecular complexity index is 1190. The van der Waals surface area contributed by atoms with E-state index in [1.165, 1.54) is 34.4 Å². The fraction of sp³-hybridized carbons (Fsp3) is 0.105. The highest BCUT2D eigenvalue weighted by atomic mass is 35.5. The molecule has 2 heterocycles. The first-order valence-electron chi connectivity index (χ1n) is 8.30. The number of amides is 1. The molecule has 0 fully saturated rings. The molecule has 148 valence electrons. The number of fused-ring (bicyclic) bond motifs is 1. The van der Waals surface area contributed by atoms with Crippen molar-refractivity contribution in [3.05, 3.63) is 51.8 Å². The maximum atomic E-state index is 12.3. The number of nitrogens with zero attached hydrogens (tertiary/aromatic N) is 2. The van der Waals surface area contributed by atoms with E-state index in [0.29, 0.717) is 15.2 Å². The number of hydrogen-bond acceptors (Lipinski definition) is 7. The van der Waals surface area contributed by atoms with Crippen LogP contribution >= 0.6 is 57.6 Å². The molecule has 5 nitrogen and oxygen atoms in total. The van der Waals surface area contributed by atoms with Gasteiger partial charge in [-0.1, -0.05) is 46.3 Å². The molecule has 29 heavy (non-hydrogen) atoms. The molecule has 0 atom stereocenters. The third kappa shape index (κ3) is 4.84. The van der Waals surface area contributed by atoms with Crippen LogP contribution in [0.4, 0.5) is 5.13 Å². The molecule has 0 bridgehead atoms. The number of thiazole rings is 2. The number of thioether (sulfide) groups is 1. The van der Waals surface area contributed by atoms with E-state index in [0.717, 1.165) is 31.6 Å². The van der Waals surface area contributed by atoms with Gasteiger partial charge < -0.3 is 10.1 Å². The molecule has 4 aromatic rings. The van der Waals surface area contributed by atoms with Crippen molar-refractivity contribution < 1.29 is 9.53 Å². The molecule has 1 N–H and O–H groups in total. The number of aromatic nitrogens is 2. The maximum Gasteiger partial charge on any atom is 0.236 e. The molecular formula is C19H13Cl2N3O2S3. The third-order valence-electron chi connectivity index (χ3n) is 3.86. The van der Waals surface area contributed by atoms with Gasteiger partial charge in [-0.2, -0.15) is 0 Å². The van der Waals surface area contributed by atoms with Crippen LogP contribution in [0.5, 0.6) is 5.75 Å². The summed E-state index contributed by atoms with van der Waals surface area (Å²) in [5.41, 5.74) is 2.40. The molecule has 10 heteroatoms. The molecule has 0 saturated heterocycles. The van der Waals surface area contributed by atoms with E-state index in [1.54, 1.807) is 19.2 Å². The van der Waals surface area contributed by atoms with E-state index >= 15 is 0 Å². The van der Waals surface area contributed by atoms with Gasteiger partial charge in [0.2, 0.25) is 5.91 Å². The fourth-order valence-corrected chi connectivity index (χ4v) is 5.55. The second kappa shape index (κ2) is 8.89. The van der Waals surface area contributed by atoms with Crippen molar-refractivity contribution in [2.75, 3.05) is 18.2 Å². The monoisotopic (exact) mass is 481 g/mol. The molecule has 0 spiro atoms. The van der Waals surface area contributed by atoms with Gasteiger partial charge in [0.15, 0.2) is 9.47 Å². The number of halogens is 2. The lowest BCUT2D eigenvalue weighted by molar-refractivity contribution is -0.113. The smallest absolute Gasteiger partial charge is 0.236 e. The predicted octanol–water partition coefficient (Wildman–Crippen LogP) is 6.47. The standard InChI is InChI=1S/C19H13Cl2N3O2S3/c1-26-11-3-5-14-16(7-11)29-18(22-14)24-17(25)9-28-19-23-15(8-27-19)12-4-2-10(20)6-13(12)21/h2-8H,9H2,1H3,(H,22,24,25). The van der Waals surface area contributed by atoms with Crippen molar-refractivity contribution in [1.29, 1.82) is 0 Å². The number of nitrogens with one attached hydrogen (secondary N) is 1. The Morgan fingerprint density at radius 1 is 1.21 bits per heavy atom. The van der Waals surface area contributed by atoms with Gasteiger partial charge in [-0.3, -0.25) is 4.79 Å². The summed E-state index contributed by atoms with van der Waals surface area (Å²) in [6.07, 6.45) is 0. The number of carbonyl (C=O) groups excluding carboxylic acids is 1. The van der Waals surface area contributed by atoms with E-state index in [4.69, 9.17) is 27.9 Å². The van der Waals surface area contributed by atoms with Crippen LogP contribution < -0.4 is 10.1 Å². The Morgan fingerprint density at radius 2 is 2.07 bits per heavy atom. The van der Waals surface area contributed by atoms with Gasteiger partial charge in [0, 0.05) is 16.0 Å². The van der Waals surface area contributed by atoms with Gasteiger partial charge in [-0.15, -0.1) is 11.3 Å². The van der Waals surface area contributed by atoms with E-state index < -0.39 is 0 Å². The van der Waals surface area contributed by atoms with Gasteiger partial charge in [-0.25, -0.2) is 9.97 Å². The minimum Gasteiger partial charge on any atom is -0.497 e. The Morgan fingerprint density at radius 3 is 2.86 bits per heavy atom. The van der Waals surface area contributed by atoms with Crippen LogP contribution in [0.3, 0.4) is 0 Å². The highest BCUT2D eigenvalue weighted by Gasteiger charge is 2.12. The van der Waals surface area contributed by atoms with Crippen molar-refractivity contribution >= 4 is 78.9 Å². The molecule has 1 amide bonds. The Hall–Kier alpha value is -1.84. The molecule has 0 saturated carbocycles. The van der Waals surface area contributed by atoms with Crippen LogP contribution in [0, 0.1) is 0 Å². The van der Waals surface area contributed by atoms with Crippen molar-refractivity contribution in [3.63, 3.8) is 0 Å². The number of rotatable bonds is 6. The average molecular weight is 482 g/mol. The highest BCUT2D eigenvalue weighted by Crippen LogP contribution is 2.34. The zero-order valence-corrected chi connectivity index (χ0v) is 18.9. The van der Waals surface area contributed by atoms with E-state index in [2.05, 4.69) is 15.3 Å². The zero-order chi connectivity index (χ0) is 20.4. The summed E-state index contributed by atoms with van der Waals surface area (Å²) in [4.78, 5) is 21.3. The number of methoxy groups -OCH3 is 1. The van der Waals surface area contributed by atoms with Gasteiger partial charge in [0.05, 0.1) is 33.8 Å². The Balaban J connectivity index is 1.38. The zero-order valence-electron chi connectivity index (χ0n) is 14.9. The SMILES string of the molecule is COc1ccc2nc(NC(=O)CSc3nc(-c4ccc(Cl)cc4Cl)cs3)sc2c1. The predicted molar refractivity (Wildman–Crippen MR) is 123 cm³/mol. The van der Waals surface area contributed by atoms with Crippen LogP contribution in [0.15, 0.2) is 46.1 Å². The van der Waals surface area contributed by atoms with E-state index in [1.807, 2.05) is 29.6 Å². The molecule has 0 unspecified atom stereocenters. The first kappa shape index (κ1) is 20.4. The second-order valence-corrected chi connectivity index (χ2v) is 9.77. The van der Waals surface area contributed by atoms with Crippen LogP contribution in [0.2, 0.25) is 10.0 Å². The van der Waals surface area contributed by atoms with Crippen LogP contribution in [0.1, 0.15) is 0 Å². The summed E-state index contributed by atoms with van der Waals surface area (Å²) in [6, 6.07) is 10.9. The van der Waals surface area contributed by atoms with Crippen molar-refractivity contribution in [1.82, 2.24) is 9.97 Å². The molecule has 2 aromatic carbocycles. The lowest BCUT2D eigenvalue weighted by Crippen LogP contribution is -2.13. The lowest BCUT2D eigenvalue weighted by Gasteiger charge is -2.01. The Kier molecular flexibility index (Phi) is 6.26. The first-order chi connectivity index (χ1) is 14.0. The lowest BCUT2D eigenvalue weighted by atomic mass is 10.2. The summed E-state index contributed by atoms with van der Waals surface area (Å²) in [5, 5.41) is 6.44. The topological polar surface area (TPSA) is 64.1 Å². The minimum absolute atomic E-state index is 0.137. The number of carbonyl (C=O) groups is 1. The molecule has 0 radical (unpaired) electrons. The molecule has 0 aliphatic rings. The average Bonchev–Trinajstić information content (AvgIpc) is 3.32. The molecule has 2 aromatic heterocycles. The summed E-state index contributed by atoms with van der Waals surface area (Å²) in [6.45, 7) is 0. The maximum absolute atomic E-state index is 12.3. The van der Waals surface area contributed by atoms with Crippen LogP contribution in [-0.2, 0) is 4.79 Å². The van der Waals surface area contributed by atoms with Crippen molar-refractivity contribution in [2.24, 2.45) is 0 Å². The highest BCUT2D eigenvalue weighted by molar-refractivity contribution is 8.01. The molecular weight excluding hydrogens is 469 g/mol. The number of benzene rings is 2. The van der Waals surface area contributed by atoms with E-state index in [-0.39, 0.29) is 11.7 Å².